The maximum atomic E-state index is 11.1. The van der Waals surface area contributed by atoms with E-state index in [4.69, 9.17) is 4.74 Å². The van der Waals surface area contributed by atoms with Gasteiger partial charge in [-0.3, -0.25) is 9.59 Å². The normalized spacial score (nSPS) is 9.94. The number of benzene rings is 1. The predicted octanol–water partition coefficient (Wildman–Crippen LogP) is 1.46. The molecule has 1 aromatic carbocycles. The lowest BCUT2D eigenvalue weighted by Crippen LogP contribution is -2.29. The van der Waals surface area contributed by atoms with Crippen LogP contribution in [0.4, 0.5) is 0 Å². The van der Waals surface area contributed by atoms with Crippen molar-refractivity contribution in [2.45, 2.75) is 19.8 Å². The van der Waals surface area contributed by atoms with Gasteiger partial charge in [0.15, 0.2) is 0 Å². The van der Waals surface area contributed by atoms with Gasteiger partial charge in [-0.25, -0.2) is 0 Å². The molecule has 0 saturated heterocycles. The Hall–Kier alpha value is -1.84. The van der Waals surface area contributed by atoms with Gasteiger partial charge in [0.2, 0.25) is 6.29 Å². The van der Waals surface area contributed by atoms with Crippen LogP contribution in [0.3, 0.4) is 0 Å². The molecule has 1 rings (SSSR count). The number of nitrogens with zero attached hydrogens (tertiary/aromatic N) is 1. The highest BCUT2D eigenvalue weighted by atomic mass is 16.5. The molecule has 0 aromatic heterocycles. The average Bonchev–Trinajstić information content (AvgIpc) is 2.43. The second-order valence-electron chi connectivity index (χ2n) is 4.13. The largest absolute Gasteiger partial charge is 0.496 e. The molecule has 1 amide bonds. The predicted molar refractivity (Wildman–Crippen MR) is 69.8 cm³/mol. The summed E-state index contributed by atoms with van der Waals surface area (Å²) in [6.45, 7) is 2.61. The molecule has 0 aliphatic carbocycles. The Kier molecular flexibility index (Phi) is 5.36. The quantitative estimate of drug-likeness (QED) is 0.566. The van der Waals surface area contributed by atoms with E-state index in [9.17, 15) is 9.59 Å². The molecule has 98 valence electrons. The van der Waals surface area contributed by atoms with Crippen molar-refractivity contribution in [1.82, 2.24) is 4.90 Å². The van der Waals surface area contributed by atoms with Gasteiger partial charge >= 0.3 is 0 Å². The smallest absolute Gasteiger partial charge is 0.286 e. The molecule has 0 bridgehead atoms. The fraction of sp³-hybridized carbons (Fsp3) is 0.429. The van der Waals surface area contributed by atoms with Crippen LogP contribution in [0.5, 0.6) is 5.75 Å². The Labute approximate surface area is 108 Å². The number of aldehydes is 1. The summed E-state index contributed by atoms with van der Waals surface area (Å²) in [6, 6.07) is 6.00. The molecule has 0 atom stereocenters. The lowest BCUT2D eigenvalue weighted by molar-refractivity contribution is -0.137. The summed E-state index contributed by atoms with van der Waals surface area (Å²) in [7, 11) is 3.28. The van der Waals surface area contributed by atoms with E-state index >= 15 is 0 Å². The maximum Gasteiger partial charge on any atom is 0.286 e. The van der Waals surface area contributed by atoms with E-state index in [-0.39, 0.29) is 0 Å². The summed E-state index contributed by atoms with van der Waals surface area (Å²) >= 11 is 0. The molecule has 0 heterocycles. The van der Waals surface area contributed by atoms with Gasteiger partial charge in [0.25, 0.3) is 5.91 Å². The first kappa shape index (κ1) is 14.2. The van der Waals surface area contributed by atoms with Crippen LogP contribution < -0.4 is 4.74 Å². The highest BCUT2D eigenvalue weighted by Crippen LogP contribution is 2.20. The van der Waals surface area contributed by atoms with Gasteiger partial charge in [0.05, 0.1) is 7.11 Å². The van der Waals surface area contributed by atoms with Crippen molar-refractivity contribution in [3.8, 4) is 5.75 Å². The number of hydrogen-bond acceptors (Lipinski definition) is 3. The van der Waals surface area contributed by atoms with E-state index in [0.717, 1.165) is 29.7 Å². The minimum absolute atomic E-state index is 0.339. The van der Waals surface area contributed by atoms with Crippen LogP contribution in [0.15, 0.2) is 18.2 Å². The Bertz CT molecular complexity index is 429. The first-order valence-corrected chi connectivity index (χ1v) is 5.98. The zero-order valence-corrected chi connectivity index (χ0v) is 11.1. The van der Waals surface area contributed by atoms with Crippen LogP contribution in [0.1, 0.15) is 18.1 Å². The maximum absolute atomic E-state index is 11.1. The van der Waals surface area contributed by atoms with Crippen molar-refractivity contribution in [3.05, 3.63) is 29.3 Å². The number of ether oxygens (including phenoxy) is 1. The summed E-state index contributed by atoms with van der Waals surface area (Å²) in [6.07, 6.45) is 1.97. The molecule has 0 saturated carbocycles. The molecule has 0 fully saturated rings. The number of aryl methyl sites for hydroxylation is 1. The van der Waals surface area contributed by atoms with Crippen LogP contribution in [-0.2, 0) is 22.4 Å². The van der Waals surface area contributed by atoms with Gasteiger partial charge < -0.3 is 9.64 Å². The Morgan fingerprint density at radius 3 is 2.72 bits per heavy atom. The van der Waals surface area contributed by atoms with Gasteiger partial charge in [-0.05, 0) is 30.0 Å². The molecule has 0 unspecified atom stereocenters. The molecule has 0 N–H and O–H groups in total. The second kappa shape index (κ2) is 6.79. The fourth-order valence-electron chi connectivity index (χ4n) is 1.76. The van der Waals surface area contributed by atoms with E-state index < -0.39 is 5.91 Å². The highest BCUT2D eigenvalue weighted by Gasteiger charge is 2.07. The second-order valence-corrected chi connectivity index (χ2v) is 4.13. The van der Waals surface area contributed by atoms with E-state index in [2.05, 4.69) is 13.0 Å². The number of amides is 1. The van der Waals surface area contributed by atoms with E-state index in [1.165, 1.54) is 4.90 Å². The lowest BCUT2D eigenvalue weighted by atomic mass is 10.1. The van der Waals surface area contributed by atoms with E-state index in [1.54, 1.807) is 14.2 Å². The molecule has 0 radical (unpaired) electrons. The molecule has 0 spiro atoms. The van der Waals surface area contributed by atoms with E-state index in [1.807, 2.05) is 12.1 Å². The molecule has 4 nitrogen and oxygen atoms in total. The van der Waals surface area contributed by atoms with E-state index in [0.29, 0.717) is 12.8 Å². The van der Waals surface area contributed by atoms with Gasteiger partial charge in [0, 0.05) is 13.6 Å². The van der Waals surface area contributed by atoms with Crippen LogP contribution in [0.2, 0.25) is 0 Å². The fourth-order valence-corrected chi connectivity index (χ4v) is 1.76. The van der Waals surface area contributed by atoms with Crippen molar-refractivity contribution in [2.75, 3.05) is 20.7 Å². The number of likely N-dealkylation sites (N-methyl/N-ethyl adjacent to an activating group) is 1. The Balaban J connectivity index is 2.68. The first-order valence-electron chi connectivity index (χ1n) is 5.98. The number of rotatable bonds is 6. The van der Waals surface area contributed by atoms with Gasteiger partial charge in [-0.15, -0.1) is 0 Å². The van der Waals surface area contributed by atoms with Crippen molar-refractivity contribution in [3.63, 3.8) is 0 Å². The molecule has 18 heavy (non-hydrogen) atoms. The van der Waals surface area contributed by atoms with Crippen LogP contribution in [0.25, 0.3) is 0 Å². The van der Waals surface area contributed by atoms with Crippen LogP contribution in [0, 0.1) is 0 Å². The molecular formula is C14H19NO3. The number of hydrogen-bond donors (Lipinski definition) is 0. The summed E-state index contributed by atoms with van der Waals surface area (Å²) in [5.74, 6) is 0.401. The molecule has 0 aliphatic heterocycles. The van der Waals surface area contributed by atoms with Gasteiger partial charge in [-0.1, -0.05) is 19.1 Å². The third-order valence-electron chi connectivity index (χ3n) is 2.94. The van der Waals surface area contributed by atoms with Crippen molar-refractivity contribution in [1.29, 1.82) is 0 Å². The zero-order chi connectivity index (χ0) is 13.5. The standard InChI is InChI=1S/C14H19NO3/c1-4-12-9-11(5-6-13(12)18-3)7-8-15(2)14(17)10-16/h5-6,9-10H,4,7-8H2,1-3H3. The van der Waals surface area contributed by atoms with Crippen LogP contribution in [-0.4, -0.2) is 37.8 Å². The summed E-state index contributed by atoms with van der Waals surface area (Å²) in [4.78, 5) is 22.8. The van der Waals surface area contributed by atoms with Crippen molar-refractivity contribution in [2.24, 2.45) is 0 Å². The average molecular weight is 249 g/mol. The summed E-state index contributed by atoms with van der Waals surface area (Å²) in [5.41, 5.74) is 2.29. The summed E-state index contributed by atoms with van der Waals surface area (Å²) < 4.78 is 5.26. The van der Waals surface area contributed by atoms with Crippen molar-refractivity contribution >= 4 is 12.2 Å². The third kappa shape index (κ3) is 3.58. The lowest BCUT2D eigenvalue weighted by Gasteiger charge is -2.14. The van der Waals surface area contributed by atoms with Gasteiger partial charge in [-0.2, -0.15) is 0 Å². The van der Waals surface area contributed by atoms with Crippen molar-refractivity contribution < 1.29 is 14.3 Å². The monoisotopic (exact) mass is 249 g/mol. The Morgan fingerprint density at radius 2 is 2.17 bits per heavy atom. The number of carbonyl (C=O) groups excluding carboxylic acids is 2. The number of carbonyl (C=O) groups is 2. The molecule has 4 heteroatoms. The number of methoxy groups -OCH3 is 1. The Morgan fingerprint density at radius 1 is 1.44 bits per heavy atom. The molecule has 1 aromatic rings. The minimum Gasteiger partial charge on any atom is -0.496 e. The SMILES string of the molecule is CCc1cc(CCN(C)C(=O)C=O)ccc1OC. The minimum atomic E-state index is -0.487. The first-order chi connectivity index (χ1) is 8.62. The van der Waals surface area contributed by atoms with Crippen LogP contribution >= 0.6 is 0 Å². The molecule has 0 aliphatic rings. The topological polar surface area (TPSA) is 46.6 Å². The van der Waals surface area contributed by atoms with Gasteiger partial charge in [0.1, 0.15) is 5.75 Å². The summed E-state index contributed by atoms with van der Waals surface area (Å²) in [5, 5.41) is 0. The third-order valence-corrected chi connectivity index (χ3v) is 2.94. The zero-order valence-electron chi connectivity index (χ0n) is 11.1. The molecular weight excluding hydrogens is 230 g/mol. The highest BCUT2D eigenvalue weighted by molar-refractivity contribution is 6.23.